The minimum atomic E-state index is -2.62. The summed E-state index contributed by atoms with van der Waals surface area (Å²) in [6.07, 6.45) is 0. The van der Waals surface area contributed by atoms with Crippen LogP contribution in [0.1, 0.15) is 24.7 Å². The Morgan fingerprint density at radius 2 is 1.94 bits per heavy atom. The van der Waals surface area contributed by atoms with E-state index in [2.05, 4.69) is 4.98 Å². The predicted octanol–water partition coefficient (Wildman–Crippen LogP) is 4.15. The molecule has 0 saturated carbocycles. The van der Waals surface area contributed by atoms with Gasteiger partial charge in [-0.15, -0.1) is 24.0 Å². The van der Waals surface area contributed by atoms with Crippen LogP contribution in [0.3, 0.4) is 0 Å². The van der Waals surface area contributed by atoms with E-state index in [1.165, 1.54) is 0 Å². The lowest BCUT2D eigenvalue weighted by Crippen LogP contribution is -2.04. The van der Waals surface area contributed by atoms with Gasteiger partial charge >= 0.3 is 6.55 Å². The molecule has 2 nitrogen and oxygen atoms in total. The van der Waals surface area contributed by atoms with Gasteiger partial charge in [-0.1, -0.05) is 12.1 Å². The van der Waals surface area contributed by atoms with Crippen molar-refractivity contribution < 1.29 is 8.78 Å². The third-order valence-corrected chi connectivity index (χ3v) is 2.37. The van der Waals surface area contributed by atoms with Crippen LogP contribution in [0.4, 0.5) is 8.78 Å². The van der Waals surface area contributed by atoms with Crippen molar-refractivity contribution in [2.24, 2.45) is 0 Å². The summed E-state index contributed by atoms with van der Waals surface area (Å²) in [6, 6.07) is 6.76. The molecule has 0 aliphatic rings. The van der Waals surface area contributed by atoms with Crippen LogP contribution in [-0.4, -0.2) is 9.55 Å². The highest BCUT2D eigenvalue weighted by Crippen LogP contribution is 2.28. The van der Waals surface area contributed by atoms with Gasteiger partial charge in [0.25, 0.3) is 0 Å². The van der Waals surface area contributed by atoms with Crippen LogP contribution in [0.5, 0.6) is 0 Å². The first-order valence-electron chi connectivity index (χ1n) is 4.50. The largest absolute Gasteiger partial charge is 0.320 e. The van der Waals surface area contributed by atoms with E-state index in [9.17, 15) is 8.78 Å². The Balaban J connectivity index is 0.00000128. The van der Waals surface area contributed by atoms with Crippen molar-refractivity contribution in [3.05, 3.63) is 30.1 Å². The number of nitrogens with zero attached hydrogens (tertiary/aromatic N) is 2. The zero-order chi connectivity index (χ0) is 11.0. The third kappa shape index (κ3) is 2.13. The lowest BCUT2D eigenvalue weighted by molar-refractivity contribution is 0.0714. The van der Waals surface area contributed by atoms with E-state index in [0.717, 1.165) is 4.57 Å². The fourth-order valence-corrected chi connectivity index (χ4v) is 1.70. The van der Waals surface area contributed by atoms with Gasteiger partial charge in [-0.25, -0.2) is 4.98 Å². The number of para-hydroxylation sites is 2. The molecule has 0 aliphatic carbocycles. The van der Waals surface area contributed by atoms with Crippen molar-refractivity contribution in [2.75, 3.05) is 0 Å². The molecule has 6 heteroatoms. The Morgan fingerprint density at radius 1 is 1.31 bits per heavy atom. The van der Waals surface area contributed by atoms with E-state index in [1.54, 1.807) is 31.2 Å². The van der Waals surface area contributed by atoms with E-state index in [4.69, 9.17) is 11.6 Å². The Bertz CT molecular complexity index is 483. The fraction of sp³-hybridized carbons (Fsp3) is 0.300. The van der Waals surface area contributed by atoms with Crippen molar-refractivity contribution >= 4 is 35.0 Å². The maximum absolute atomic E-state index is 12.8. The maximum atomic E-state index is 12.8. The Hall–Kier alpha value is -0.870. The molecule has 0 aliphatic heterocycles. The summed E-state index contributed by atoms with van der Waals surface area (Å²) in [5.74, 6) is 0.202. The second kappa shape index (κ2) is 4.97. The Kier molecular flexibility index (Phi) is 4.10. The molecule has 1 aromatic heterocycles. The first-order valence-corrected chi connectivity index (χ1v) is 4.94. The van der Waals surface area contributed by atoms with Gasteiger partial charge in [0.1, 0.15) is 5.82 Å². The first kappa shape index (κ1) is 13.2. The van der Waals surface area contributed by atoms with Crippen LogP contribution in [0.2, 0.25) is 0 Å². The van der Waals surface area contributed by atoms with Crippen molar-refractivity contribution in [1.82, 2.24) is 9.55 Å². The van der Waals surface area contributed by atoms with Gasteiger partial charge in [0.05, 0.1) is 16.4 Å². The highest BCUT2D eigenvalue weighted by Gasteiger charge is 2.19. The molecule has 2 rings (SSSR count). The van der Waals surface area contributed by atoms with Gasteiger partial charge in [-0.3, -0.25) is 4.57 Å². The molecule has 0 spiro atoms. The van der Waals surface area contributed by atoms with E-state index in [-0.39, 0.29) is 18.2 Å². The summed E-state index contributed by atoms with van der Waals surface area (Å²) in [6.45, 7) is -0.990. The van der Waals surface area contributed by atoms with Crippen molar-refractivity contribution in [2.45, 2.75) is 18.9 Å². The minimum Gasteiger partial charge on any atom is -0.269 e. The Labute approximate surface area is 103 Å². The molecule has 1 unspecified atom stereocenters. The summed E-state index contributed by atoms with van der Waals surface area (Å²) < 4.78 is 26.5. The van der Waals surface area contributed by atoms with Gasteiger partial charge < -0.3 is 0 Å². The van der Waals surface area contributed by atoms with Crippen molar-refractivity contribution in [1.29, 1.82) is 0 Å². The molecule has 2 aromatic rings. The molecule has 0 fully saturated rings. The number of halogens is 4. The maximum Gasteiger partial charge on any atom is 0.320 e. The quantitative estimate of drug-likeness (QED) is 0.747. The van der Waals surface area contributed by atoms with E-state index in [1.807, 2.05) is 0 Å². The average Bonchev–Trinajstić information content (AvgIpc) is 2.56. The zero-order valence-electron chi connectivity index (χ0n) is 8.40. The van der Waals surface area contributed by atoms with Crippen LogP contribution in [-0.2, 0) is 0 Å². The Morgan fingerprint density at radius 3 is 2.50 bits per heavy atom. The molecule has 16 heavy (non-hydrogen) atoms. The van der Waals surface area contributed by atoms with Crippen molar-refractivity contribution in [3.63, 3.8) is 0 Å². The first-order chi connectivity index (χ1) is 7.11. The highest BCUT2D eigenvalue weighted by atomic mass is 35.5. The predicted molar refractivity (Wildman–Crippen MR) is 62.5 cm³/mol. The number of alkyl halides is 3. The number of fused-ring (bicyclic) bond motifs is 1. The van der Waals surface area contributed by atoms with Gasteiger partial charge in [0.15, 0.2) is 0 Å². The topological polar surface area (TPSA) is 17.8 Å². The van der Waals surface area contributed by atoms with Gasteiger partial charge in [-0.2, -0.15) is 8.78 Å². The lowest BCUT2D eigenvalue weighted by Gasteiger charge is -2.08. The molecule has 1 aromatic carbocycles. The summed E-state index contributed by atoms with van der Waals surface area (Å²) >= 11 is 5.81. The van der Waals surface area contributed by atoms with Gasteiger partial charge in [0, 0.05) is 0 Å². The summed E-state index contributed by atoms with van der Waals surface area (Å²) in [5.41, 5.74) is 0.954. The van der Waals surface area contributed by atoms with E-state index < -0.39 is 11.9 Å². The molecule has 0 amide bonds. The highest BCUT2D eigenvalue weighted by molar-refractivity contribution is 6.20. The second-order valence-electron chi connectivity index (χ2n) is 3.22. The lowest BCUT2D eigenvalue weighted by atomic mass is 10.3. The average molecular weight is 267 g/mol. The molecule has 0 saturated heterocycles. The van der Waals surface area contributed by atoms with Gasteiger partial charge in [0.2, 0.25) is 0 Å². The third-order valence-electron chi connectivity index (χ3n) is 2.17. The molecule has 1 heterocycles. The molecule has 0 N–H and O–H groups in total. The number of rotatable bonds is 2. The monoisotopic (exact) mass is 266 g/mol. The second-order valence-corrected chi connectivity index (χ2v) is 3.88. The number of aromatic nitrogens is 2. The SMILES string of the molecule is CC(Cl)c1nc2ccccc2n1C(F)F.Cl. The van der Waals surface area contributed by atoms with E-state index >= 15 is 0 Å². The summed E-state index contributed by atoms with van der Waals surface area (Å²) in [7, 11) is 0. The smallest absolute Gasteiger partial charge is 0.269 e. The van der Waals surface area contributed by atoms with Crippen molar-refractivity contribution in [3.8, 4) is 0 Å². The van der Waals surface area contributed by atoms with Gasteiger partial charge in [-0.05, 0) is 19.1 Å². The zero-order valence-corrected chi connectivity index (χ0v) is 9.97. The fourth-order valence-electron chi connectivity index (χ4n) is 1.55. The molecular weight excluding hydrogens is 257 g/mol. The van der Waals surface area contributed by atoms with Crippen LogP contribution < -0.4 is 0 Å². The number of benzene rings is 1. The molecular formula is C10H10Cl2F2N2. The van der Waals surface area contributed by atoms with Crippen LogP contribution in [0.25, 0.3) is 11.0 Å². The number of hydrogen-bond donors (Lipinski definition) is 0. The van der Waals surface area contributed by atoms with Crippen LogP contribution in [0, 0.1) is 0 Å². The van der Waals surface area contributed by atoms with Crippen LogP contribution >= 0.6 is 24.0 Å². The molecule has 1 atom stereocenters. The molecule has 0 radical (unpaired) electrons. The summed E-state index contributed by atoms with van der Waals surface area (Å²) in [4.78, 5) is 4.08. The number of imidazole rings is 1. The van der Waals surface area contributed by atoms with E-state index in [0.29, 0.717) is 11.0 Å². The number of hydrogen-bond acceptors (Lipinski definition) is 1. The molecule has 88 valence electrons. The minimum absolute atomic E-state index is 0. The van der Waals surface area contributed by atoms with Crippen LogP contribution in [0.15, 0.2) is 24.3 Å². The standard InChI is InChI=1S/C10H9ClF2N2.ClH/c1-6(11)9-14-7-4-2-3-5-8(7)15(9)10(12)13;/h2-6,10H,1H3;1H. The molecule has 0 bridgehead atoms. The normalized spacial score (nSPS) is 12.8. The summed E-state index contributed by atoms with van der Waals surface area (Å²) in [5, 5.41) is -0.536.